The normalized spacial score (nSPS) is 14.7. The molecule has 1 aliphatic carbocycles. The van der Waals surface area contributed by atoms with Gasteiger partial charge in [-0.25, -0.2) is 0 Å². The molecule has 106 valence electrons. The second-order valence-corrected chi connectivity index (χ2v) is 5.24. The molecule has 0 saturated heterocycles. The van der Waals surface area contributed by atoms with Crippen LogP contribution in [0.1, 0.15) is 43.1 Å². The molecule has 0 aromatic carbocycles. The number of carbonyl (C=O) groups excluding carboxylic acids is 1. The van der Waals surface area contributed by atoms with E-state index in [0.717, 1.165) is 37.3 Å². The van der Waals surface area contributed by atoms with E-state index in [-0.39, 0.29) is 5.91 Å². The van der Waals surface area contributed by atoms with Gasteiger partial charge in [0.05, 0.1) is 5.69 Å². The summed E-state index contributed by atoms with van der Waals surface area (Å²) in [5.41, 5.74) is 3.48. The van der Waals surface area contributed by atoms with Gasteiger partial charge < -0.3 is 10.6 Å². The Morgan fingerprint density at radius 2 is 2.16 bits per heavy atom. The molecule has 0 atom stereocenters. The van der Waals surface area contributed by atoms with Gasteiger partial charge in [-0.05, 0) is 33.2 Å². The lowest BCUT2D eigenvalue weighted by Gasteiger charge is -2.06. The van der Waals surface area contributed by atoms with Crippen molar-refractivity contribution in [3.05, 3.63) is 17.0 Å². The van der Waals surface area contributed by atoms with Crippen molar-refractivity contribution in [1.82, 2.24) is 20.4 Å². The van der Waals surface area contributed by atoms with Gasteiger partial charge in [-0.3, -0.25) is 9.48 Å². The lowest BCUT2D eigenvalue weighted by atomic mass is 10.2. The van der Waals surface area contributed by atoms with Gasteiger partial charge in [0.1, 0.15) is 0 Å². The molecule has 1 heterocycles. The van der Waals surface area contributed by atoms with Crippen LogP contribution in [0.25, 0.3) is 0 Å². The zero-order valence-corrected chi connectivity index (χ0v) is 12.1. The molecule has 1 amide bonds. The summed E-state index contributed by atoms with van der Waals surface area (Å²) in [5.74, 6) is 0.142. The van der Waals surface area contributed by atoms with Crippen molar-refractivity contribution in [3.8, 4) is 0 Å². The molecule has 0 bridgehead atoms. The maximum Gasteiger partial charge on any atom is 0.222 e. The molecule has 0 aliphatic heterocycles. The minimum atomic E-state index is 0.142. The first-order valence-corrected chi connectivity index (χ1v) is 7.14. The third kappa shape index (κ3) is 3.80. The average Bonchev–Trinajstić information content (AvgIpc) is 3.13. The van der Waals surface area contributed by atoms with E-state index < -0.39 is 0 Å². The third-order valence-corrected chi connectivity index (χ3v) is 3.58. The Kier molecular flexibility index (Phi) is 4.58. The number of aromatic nitrogens is 2. The molecule has 2 N–H and O–H groups in total. The number of nitrogens with one attached hydrogen (secondary N) is 2. The minimum absolute atomic E-state index is 0.142. The van der Waals surface area contributed by atoms with Gasteiger partial charge >= 0.3 is 0 Å². The van der Waals surface area contributed by atoms with E-state index in [0.29, 0.717) is 19.0 Å². The van der Waals surface area contributed by atoms with Crippen LogP contribution in [-0.4, -0.2) is 28.3 Å². The number of nitrogens with zero attached hydrogens (tertiary/aromatic N) is 2. The first-order valence-electron chi connectivity index (χ1n) is 7.14. The van der Waals surface area contributed by atoms with Gasteiger partial charge in [0.2, 0.25) is 5.91 Å². The van der Waals surface area contributed by atoms with Crippen LogP contribution in [0.3, 0.4) is 0 Å². The van der Waals surface area contributed by atoms with Crippen LogP contribution in [0, 0.1) is 13.8 Å². The lowest BCUT2D eigenvalue weighted by molar-refractivity contribution is -0.121. The van der Waals surface area contributed by atoms with Crippen LogP contribution in [0.5, 0.6) is 0 Å². The molecular formula is C14H24N4O. The molecule has 1 aromatic heterocycles. The highest BCUT2D eigenvalue weighted by molar-refractivity contribution is 5.76. The molecule has 0 spiro atoms. The Morgan fingerprint density at radius 1 is 1.42 bits per heavy atom. The molecule has 1 aromatic rings. The summed E-state index contributed by atoms with van der Waals surface area (Å²) >= 11 is 0. The Labute approximate surface area is 114 Å². The van der Waals surface area contributed by atoms with E-state index in [4.69, 9.17) is 0 Å². The smallest absolute Gasteiger partial charge is 0.222 e. The quantitative estimate of drug-likeness (QED) is 0.780. The maximum atomic E-state index is 11.7. The van der Waals surface area contributed by atoms with Crippen molar-refractivity contribution in [3.63, 3.8) is 0 Å². The highest BCUT2D eigenvalue weighted by Crippen LogP contribution is 2.19. The number of amides is 1. The molecule has 1 fully saturated rings. The van der Waals surface area contributed by atoms with Gasteiger partial charge in [0.15, 0.2) is 0 Å². The summed E-state index contributed by atoms with van der Waals surface area (Å²) < 4.78 is 1.95. The molecule has 5 heteroatoms. The predicted molar refractivity (Wildman–Crippen MR) is 74.9 cm³/mol. The summed E-state index contributed by atoms with van der Waals surface area (Å²) in [4.78, 5) is 11.7. The van der Waals surface area contributed by atoms with Crippen molar-refractivity contribution >= 4 is 5.91 Å². The van der Waals surface area contributed by atoms with Gasteiger partial charge in [0.25, 0.3) is 0 Å². The fourth-order valence-electron chi connectivity index (χ4n) is 2.19. The van der Waals surface area contributed by atoms with Crippen molar-refractivity contribution in [1.29, 1.82) is 0 Å². The highest BCUT2D eigenvalue weighted by Gasteiger charge is 2.23. The van der Waals surface area contributed by atoms with Crippen molar-refractivity contribution < 1.29 is 4.79 Å². The van der Waals surface area contributed by atoms with E-state index in [1.54, 1.807) is 0 Å². The van der Waals surface area contributed by atoms with E-state index in [1.807, 2.05) is 11.6 Å². The molecule has 0 radical (unpaired) electrons. The van der Waals surface area contributed by atoms with Gasteiger partial charge in [-0.1, -0.05) is 6.92 Å². The summed E-state index contributed by atoms with van der Waals surface area (Å²) in [6, 6.07) is 0.442. The van der Waals surface area contributed by atoms with E-state index in [1.165, 1.54) is 5.56 Å². The SMILES string of the molecule is CCNCc1c(C)nn(CCC(=O)NC2CC2)c1C. The van der Waals surface area contributed by atoms with E-state index >= 15 is 0 Å². The van der Waals surface area contributed by atoms with Crippen LogP contribution in [0.2, 0.25) is 0 Å². The molecule has 2 rings (SSSR count). The third-order valence-electron chi connectivity index (χ3n) is 3.58. The molecule has 1 aliphatic rings. The summed E-state index contributed by atoms with van der Waals surface area (Å²) in [7, 11) is 0. The number of rotatable bonds is 7. The zero-order chi connectivity index (χ0) is 13.8. The Hall–Kier alpha value is -1.36. The second-order valence-electron chi connectivity index (χ2n) is 5.24. The number of carbonyl (C=O) groups is 1. The summed E-state index contributed by atoms with van der Waals surface area (Å²) in [6.45, 7) is 8.66. The van der Waals surface area contributed by atoms with Crippen molar-refractivity contribution in [2.24, 2.45) is 0 Å². The fourth-order valence-corrected chi connectivity index (χ4v) is 2.19. The number of hydrogen-bond acceptors (Lipinski definition) is 3. The summed E-state index contributed by atoms with van der Waals surface area (Å²) in [5, 5.41) is 10.9. The average molecular weight is 264 g/mol. The van der Waals surface area contributed by atoms with Gasteiger partial charge in [-0.15, -0.1) is 0 Å². The lowest BCUT2D eigenvalue weighted by Crippen LogP contribution is -2.26. The largest absolute Gasteiger partial charge is 0.353 e. The minimum Gasteiger partial charge on any atom is -0.353 e. The standard InChI is InChI=1S/C14H24N4O/c1-4-15-9-13-10(2)17-18(11(13)3)8-7-14(19)16-12-5-6-12/h12,15H,4-9H2,1-3H3,(H,16,19). The van der Waals surface area contributed by atoms with Crippen LogP contribution in [-0.2, 0) is 17.9 Å². The van der Waals surface area contributed by atoms with Crippen LogP contribution in [0.15, 0.2) is 0 Å². The maximum absolute atomic E-state index is 11.7. The van der Waals surface area contributed by atoms with Gasteiger partial charge in [0, 0.05) is 36.8 Å². The van der Waals surface area contributed by atoms with E-state index in [2.05, 4.69) is 29.6 Å². The Morgan fingerprint density at radius 3 is 2.79 bits per heavy atom. The zero-order valence-electron chi connectivity index (χ0n) is 12.1. The highest BCUT2D eigenvalue weighted by atomic mass is 16.1. The monoisotopic (exact) mass is 264 g/mol. The van der Waals surface area contributed by atoms with Crippen LogP contribution in [0.4, 0.5) is 0 Å². The number of aryl methyl sites for hydroxylation is 2. The van der Waals surface area contributed by atoms with Crippen molar-refractivity contribution in [2.45, 2.75) is 59.2 Å². The fraction of sp³-hybridized carbons (Fsp3) is 0.714. The van der Waals surface area contributed by atoms with Crippen LogP contribution < -0.4 is 10.6 Å². The molecular weight excluding hydrogens is 240 g/mol. The molecule has 19 heavy (non-hydrogen) atoms. The topological polar surface area (TPSA) is 59.0 Å². The number of hydrogen-bond donors (Lipinski definition) is 2. The predicted octanol–water partition coefficient (Wildman–Crippen LogP) is 1.28. The first-order chi connectivity index (χ1) is 9.11. The van der Waals surface area contributed by atoms with Crippen molar-refractivity contribution in [2.75, 3.05) is 6.54 Å². The molecule has 5 nitrogen and oxygen atoms in total. The van der Waals surface area contributed by atoms with Gasteiger partial charge in [-0.2, -0.15) is 5.10 Å². The summed E-state index contributed by atoms with van der Waals surface area (Å²) in [6.07, 6.45) is 2.79. The van der Waals surface area contributed by atoms with Crippen LogP contribution >= 0.6 is 0 Å². The first kappa shape index (κ1) is 14.1. The Bertz CT molecular complexity index is 449. The Balaban J connectivity index is 1.90. The molecule has 1 saturated carbocycles. The molecule has 0 unspecified atom stereocenters. The van der Waals surface area contributed by atoms with E-state index in [9.17, 15) is 4.79 Å². The second kappa shape index (κ2) is 6.19.